The molecule has 0 bridgehead atoms. The second-order valence-corrected chi connectivity index (χ2v) is 9.15. The van der Waals surface area contributed by atoms with E-state index in [0.717, 1.165) is 32.6 Å². The topological polar surface area (TPSA) is 85.5 Å². The molecular formula is C28H23FN4O3. The summed E-state index contributed by atoms with van der Waals surface area (Å²) in [5.41, 5.74) is 4.16. The van der Waals surface area contributed by atoms with Gasteiger partial charge in [-0.25, -0.2) is 14.1 Å². The standard InChI is InChI=1S/C28H23FN4O3/c1-16-25-21(19-6-2-4-8-22(19)31-25)14-24-27(35)33(28(36)32(16)24)23-9-5-3-7-20(23)26(34)30-15-17-10-12-18(29)13-11-17/h2-13,16,24,31H,14-15H2,1H3,(H,30,34)/t16-,24+/m1/s1. The summed E-state index contributed by atoms with van der Waals surface area (Å²) in [5.74, 6) is -1.13. The Morgan fingerprint density at radius 3 is 2.56 bits per heavy atom. The summed E-state index contributed by atoms with van der Waals surface area (Å²) in [4.78, 5) is 46.5. The van der Waals surface area contributed by atoms with Crippen molar-refractivity contribution in [2.24, 2.45) is 0 Å². The molecule has 3 aromatic carbocycles. The Balaban J connectivity index is 1.30. The number of nitrogens with one attached hydrogen (secondary N) is 2. The Labute approximate surface area is 206 Å². The second kappa shape index (κ2) is 8.34. The molecule has 2 aliphatic rings. The minimum Gasteiger partial charge on any atom is -0.356 e. The van der Waals surface area contributed by atoms with Crippen molar-refractivity contribution >= 4 is 34.4 Å². The first-order chi connectivity index (χ1) is 17.4. The number of hydrogen-bond acceptors (Lipinski definition) is 3. The first-order valence-corrected chi connectivity index (χ1v) is 11.8. The number of H-pyrrole nitrogens is 1. The Bertz CT molecular complexity index is 1530. The number of aromatic nitrogens is 1. The fourth-order valence-electron chi connectivity index (χ4n) is 5.32. The van der Waals surface area contributed by atoms with Crippen molar-refractivity contribution < 1.29 is 18.8 Å². The molecule has 2 atom stereocenters. The third-order valence-electron chi connectivity index (χ3n) is 7.09. The number of hydrogen-bond donors (Lipinski definition) is 2. The van der Waals surface area contributed by atoms with Crippen molar-refractivity contribution in [1.82, 2.24) is 15.2 Å². The number of halogens is 1. The maximum atomic E-state index is 13.6. The molecule has 1 saturated heterocycles. The van der Waals surface area contributed by atoms with E-state index >= 15 is 0 Å². The number of nitrogens with zero attached hydrogens (tertiary/aromatic N) is 2. The van der Waals surface area contributed by atoms with E-state index in [1.807, 2.05) is 31.2 Å². The van der Waals surface area contributed by atoms with Gasteiger partial charge in [-0.3, -0.25) is 9.59 Å². The van der Waals surface area contributed by atoms with E-state index in [0.29, 0.717) is 6.42 Å². The number of carbonyl (C=O) groups is 3. The molecule has 2 N–H and O–H groups in total. The Morgan fingerprint density at radius 2 is 1.75 bits per heavy atom. The van der Waals surface area contributed by atoms with Gasteiger partial charge in [-0.1, -0.05) is 42.5 Å². The molecule has 4 aromatic rings. The van der Waals surface area contributed by atoms with Crippen LogP contribution in [0.25, 0.3) is 10.9 Å². The van der Waals surface area contributed by atoms with Crippen LogP contribution in [0.2, 0.25) is 0 Å². The van der Waals surface area contributed by atoms with Gasteiger partial charge < -0.3 is 15.2 Å². The molecule has 6 rings (SSSR count). The highest BCUT2D eigenvalue weighted by Crippen LogP contribution is 2.42. The molecule has 180 valence electrons. The maximum absolute atomic E-state index is 13.6. The van der Waals surface area contributed by atoms with Crippen molar-refractivity contribution in [2.45, 2.75) is 32.0 Å². The normalized spacial score (nSPS) is 18.9. The summed E-state index contributed by atoms with van der Waals surface area (Å²) in [7, 11) is 0. The van der Waals surface area contributed by atoms with E-state index in [4.69, 9.17) is 0 Å². The van der Waals surface area contributed by atoms with Gasteiger partial charge in [0.1, 0.15) is 11.9 Å². The number of amides is 4. The zero-order valence-electron chi connectivity index (χ0n) is 19.5. The van der Waals surface area contributed by atoms with Crippen molar-refractivity contribution in [1.29, 1.82) is 0 Å². The summed E-state index contributed by atoms with van der Waals surface area (Å²) in [6.07, 6.45) is 0.406. The molecule has 1 fully saturated rings. The SMILES string of the molecule is C[C@@H]1c2[nH]c3ccccc3c2C[C@H]2C(=O)N(c3ccccc3C(=O)NCc3ccc(F)cc3)C(=O)N12. The summed E-state index contributed by atoms with van der Waals surface area (Å²) in [6, 6.07) is 18.9. The number of urea groups is 1. The van der Waals surface area contributed by atoms with Crippen LogP contribution in [-0.4, -0.2) is 33.8 Å². The van der Waals surface area contributed by atoms with Crippen molar-refractivity contribution in [2.75, 3.05) is 4.90 Å². The molecule has 8 heteroatoms. The van der Waals surface area contributed by atoms with Crippen LogP contribution >= 0.6 is 0 Å². The van der Waals surface area contributed by atoms with Gasteiger partial charge in [0.25, 0.3) is 11.8 Å². The largest absolute Gasteiger partial charge is 0.356 e. The molecule has 2 aliphatic heterocycles. The summed E-state index contributed by atoms with van der Waals surface area (Å²) >= 11 is 0. The predicted octanol–water partition coefficient (Wildman–Crippen LogP) is 4.69. The number of benzene rings is 3. The Hall–Kier alpha value is -4.46. The monoisotopic (exact) mass is 482 g/mol. The van der Waals surface area contributed by atoms with Gasteiger partial charge in [-0.2, -0.15) is 0 Å². The highest BCUT2D eigenvalue weighted by Gasteiger charge is 2.52. The van der Waals surface area contributed by atoms with E-state index in [1.54, 1.807) is 41.3 Å². The van der Waals surface area contributed by atoms with E-state index in [2.05, 4.69) is 10.3 Å². The maximum Gasteiger partial charge on any atom is 0.332 e. The zero-order valence-corrected chi connectivity index (χ0v) is 19.5. The van der Waals surface area contributed by atoms with Crippen LogP contribution in [-0.2, 0) is 17.8 Å². The summed E-state index contributed by atoms with van der Waals surface area (Å²) < 4.78 is 13.2. The molecular weight excluding hydrogens is 459 g/mol. The molecule has 7 nitrogen and oxygen atoms in total. The number of fused-ring (bicyclic) bond motifs is 4. The van der Waals surface area contributed by atoms with Gasteiger partial charge in [-0.15, -0.1) is 0 Å². The van der Waals surface area contributed by atoms with E-state index in [-0.39, 0.29) is 35.6 Å². The number of anilines is 1. The second-order valence-electron chi connectivity index (χ2n) is 9.15. The highest BCUT2D eigenvalue weighted by molar-refractivity contribution is 6.24. The lowest BCUT2D eigenvalue weighted by Gasteiger charge is -2.33. The summed E-state index contributed by atoms with van der Waals surface area (Å²) in [6.45, 7) is 2.10. The predicted molar refractivity (Wildman–Crippen MR) is 133 cm³/mol. The van der Waals surface area contributed by atoms with Gasteiger partial charge >= 0.3 is 6.03 Å². The van der Waals surface area contributed by atoms with Crippen LogP contribution in [0.5, 0.6) is 0 Å². The average Bonchev–Trinajstić information content (AvgIpc) is 3.39. The number of rotatable bonds is 4. The third-order valence-corrected chi connectivity index (χ3v) is 7.09. The average molecular weight is 483 g/mol. The van der Waals surface area contributed by atoms with Crippen LogP contribution in [0.15, 0.2) is 72.8 Å². The quantitative estimate of drug-likeness (QED) is 0.414. The highest BCUT2D eigenvalue weighted by atomic mass is 19.1. The van der Waals surface area contributed by atoms with E-state index < -0.39 is 18.0 Å². The van der Waals surface area contributed by atoms with E-state index in [9.17, 15) is 18.8 Å². The first-order valence-electron chi connectivity index (χ1n) is 11.8. The number of carbonyl (C=O) groups excluding carboxylic acids is 3. The number of imide groups is 1. The number of aromatic amines is 1. The number of para-hydroxylation sites is 2. The fraction of sp³-hybridized carbons (Fsp3) is 0.179. The Morgan fingerprint density at radius 1 is 1.03 bits per heavy atom. The van der Waals surface area contributed by atoms with Crippen LogP contribution in [0.1, 0.15) is 40.1 Å². The van der Waals surface area contributed by atoms with Gasteiger partial charge in [0, 0.05) is 29.6 Å². The fourth-order valence-corrected chi connectivity index (χ4v) is 5.32. The zero-order chi connectivity index (χ0) is 25.0. The molecule has 0 spiro atoms. The van der Waals surface area contributed by atoms with Crippen LogP contribution in [0.3, 0.4) is 0 Å². The van der Waals surface area contributed by atoms with Gasteiger partial charge in [0.2, 0.25) is 0 Å². The smallest absolute Gasteiger partial charge is 0.332 e. The van der Waals surface area contributed by atoms with Crippen LogP contribution in [0.4, 0.5) is 14.9 Å². The van der Waals surface area contributed by atoms with Gasteiger partial charge in [-0.05, 0) is 48.4 Å². The van der Waals surface area contributed by atoms with E-state index in [1.165, 1.54) is 12.1 Å². The first kappa shape index (κ1) is 22.0. The van der Waals surface area contributed by atoms with Crippen molar-refractivity contribution in [3.63, 3.8) is 0 Å². The lowest BCUT2D eigenvalue weighted by molar-refractivity contribution is -0.120. The third kappa shape index (κ3) is 3.37. The molecule has 0 radical (unpaired) electrons. The van der Waals surface area contributed by atoms with Crippen molar-refractivity contribution in [3.8, 4) is 0 Å². The van der Waals surface area contributed by atoms with Gasteiger partial charge in [0.15, 0.2) is 0 Å². The lowest BCUT2D eigenvalue weighted by Crippen LogP contribution is -2.42. The van der Waals surface area contributed by atoms with Gasteiger partial charge in [0.05, 0.1) is 17.3 Å². The molecule has 0 aliphatic carbocycles. The Kier molecular flexibility index (Phi) is 5.10. The molecule has 4 amide bonds. The molecule has 1 aromatic heterocycles. The minimum absolute atomic E-state index is 0.183. The lowest BCUT2D eigenvalue weighted by atomic mass is 9.93. The summed E-state index contributed by atoms with van der Waals surface area (Å²) in [5, 5.41) is 3.85. The molecule has 0 saturated carbocycles. The van der Waals surface area contributed by atoms with Crippen LogP contribution in [0, 0.1) is 5.82 Å². The van der Waals surface area contributed by atoms with Crippen molar-refractivity contribution in [3.05, 3.63) is 101 Å². The molecule has 36 heavy (non-hydrogen) atoms. The molecule has 3 heterocycles. The minimum atomic E-state index is -0.644. The van der Waals surface area contributed by atoms with Crippen LogP contribution < -0.4 is 10.2 Å². The molecule has 0 unspecified atom stereocenters.